The third kappa shape index (κ3) is 2.68. The van der Waals surface area contributed by atoms with E-state index in [9.17, 15) is 13.6 Å². The number of aromatic amines is 1. The quantitative estimate of drug-likeness (QED) is 0.917. The zero-order valence-corrected chi connectivity index (χ0v) is 13.3. The summed E-state index contributed by atoms with van der Waals surface area (Å²) < 4.78 is 33.2. The van der Waals surface area contributed by atoms with Gasteiger partial charge in [-0.2, -0.15) is 13.5 Å². The lowest BCUT2D eigenvalue weighted by Gasteiger charge is -2.24. The number of amides is 1. The molecule has 0 unspecified atom stereocenters. The molecule has 0 fully saturated rings. The van der Waals surface area contributed by atoms with Gasteiger partial charge in [-0.25, -0.2) is 15.0 Å². The first kappa shape index (κ1) is 15.5. The van der Waals surface area contributed by atoms with Gasteiger partial charge in [0, 0.05) is 7.05 Å². The van der Waals surface area contributed by atoms with Crippen LogP contribution in [0.2, 0.25) is 0 Å². The minimum Gasteiger partial charge on any atom is -0.444 e. The van der Waals surface area contributed by atoms with Crippen LogP contribution in [-0.2, 0) is 24.9 Å². The number of fused-ring (bicyclic) bond motifs is 1. The zero-order valence-electron chi connectivity index (χ0n) is 13.3. The van der Waals surface area contributed by atoms with Gasteiger partial charge in [0.1, 0.15) is 5.60 Å². The Bertz CT molecular complexity index is 739. The largest absolute Gasteiger partial charge is 0.444 e. The van der Waals surface area contributed by atoms with Crippen LogP contribution in [0, 0.1) is 0 Å². The second kappa shape index (κ2) is 5.07. The number of ether oxygens (including phenoxy) is 1. The van der Waals surface area contributed by atoms with Crippen LogP contribution >= 0.6 is 0 Å². The average molecular weight is 328 g/mol. The Balaban J connectivity index is 1.79. The Kier molecular flexibility index (Phi) is 3.42. The topological polar surface area (TPSA) is 81.0 Å². The van der Waals surface area contributed by atoms with Gasteiger partial charge < -0.3 is 9.30 Å². The van der Waals surface area contributed by atoms with E-state index in [0.29, 0.717) is 22.7 Å². The fourth-order valence-corrected chi connectivity index (χ4v) is 2.44. The molecule has 0 saturated carbocycles. The number of nitrogens with zero attached hydrogens (tertiary/aromatic N) is 5. The molecule has 0 atom stereocenters. The Labute approximate surface area is 131 Å². The fourth-order valence-electron chi connectivity index (χ4n) is 2.44. The van der Waals surface area contributed by atoms with Gasteiger partial charge in [-0.05, 0) is 20.8 Å². The molecule has 0 aromatic carbocycles. The SMILES string of the molecule is Cn1c(-c2n[nH]n2C(F)F)nc2c1CN(C(=O)OC(C)(C)C)C2. The Hall–Kier alpha value is -2.39. The summed E-state index contributed by atoms with van der Waals surface area (Å²) in [4.78, 5) is 18.0. The number of carbonyl (C=O) groups is 1. The normalized spacial score (nSPS) is 14.7. The molecule has 0 bridgehead atoms. The maximum atomic E-state index is 12.8. The van der Waals surface area contributed by atoms with Crippen LogP contribution in [0.25, 0.3) is 11.6 Å². The first-order valence-corrected chi connectivity index (χ1v) is 7.11. The molecule has 3 rings (SSSR count). The molecule has 10 heteroatoms. The number of hydrogen-bond donors (Lipinski definition) is 1. The van der Waals surface area contributed by atoms with E-state index >= 15 is 0 Å². The van der Waals surface area contributed by atoms with Crippen molar-refractivity contribution >= 4 is 6.09 Å². The second-order valence-corrected chi connectivity index (χ2v) is 6.41. The molecule has 0 spiro atoms. The highest BCUT2D eigenvalue weighted by Crippen LogP contribution is 2.29. The van der Waals surface area contributed by atoms with Crippen molar-refractivity contribution in [2.24, 2.45) is 7.05 Å². The Morgan fingerprint density at radius 3 is 2.48 bits per heavy atom. The van der Waals surface area contributed by atoms with E-state index in [4.69, 9.17) is 4.74 Å². The Morgan fingerprint density at radius 2 is 2.00 bits per heavy atom. The summed E-state index contributed by atoms with van der Waals surface area (Å²) in [5, 5.41) is 5.91. The summed E-state index contributed by atoms with van der Waals surface area (Å²) >= 11 is 0. The lowest BCUT2D eigenvalue weighted by Crippen LogP contribution is -2.33. The van der Waals surface area contributed by atoms with E-state index in [2.05, 4.69) is 15.3 Å². The highest BCUT2D eigenvalue weighted by atomic mass is 19.3. The molecule has 0 aliphatic carbocycles. The van der Waals surface area contributed by atoms with Crippen LogP contribution in [0.3, 0.4) is 0 Å². The molecule has 23 heavy (non-hydrogen) atoms. The van der Waals surface area contributed by atoms with E-state index in [0.717, 1.165) is 5.69 Å². The number of rotatable bonds is 2. The van der Waals surface area contributed by atoms with Gasteiger partial charge in [0.2, 0.25) is 5.82 Å². The zero-order chi connectivity index (χ0) is 16.9. The van der Waals surface area contributed by atoms with Crippen molar-refractivity contribution in [3.05, 3.63) is 11.4 Å². The van der Waals surface area contributed by atoms with Crippen LogP contribution in [0.5, 0.6) is 0 Å². The molecule has 2 aromatic rings. The number of halogens is 2. The number of H-pyrrole nitrogens is 1. The van der Waals surface area contributed by atoms with Crippen molar-refractivity contribution in [1.82, 2.24) is 29.4 Å². The minimum atomic E-state index is -2.70. The lowest BCUT2D eigenvalue weighted by atomic mass is 10.2. The van der Waals surface area contributed by atoms with E-state index in [-0.39, 0.29) is 12.4 Å². The average Bonchev–Trinajstić information content (AvgIpc) is 2.87. The predicted octanol–water partition coefficient (Wildman–Crippen LogP) is 2.26. The lowest BCUT2D eigenvalue weighted by molar-refractivity contribution is 0.0238. The van der Waals surface area contributed by atoms with Gasteiger partial charge in [0.25, 0.3) is 0 Å². The number of imidazole rings is 1. The molecular weight excluding hydrogens is 310 g/mol. The third-order valence-corrected chi connectivity index (χ3v) is 3.52. The summed E-state index contributed by atoms with van der Waals surface area (Å²) in [5.41, 5.74) is 0.876. The second-order valence-electron chi connectivity index (χ2n) is 6.41. The molecule has 3 heterocycles. The highest BCUT2D eigenvalue weighted by Gasteiger charge is 2.33. The summed E-state index contributed by atoms with van der Waals surface area (Å²) in [6.07, 6.45) is -0.422. The predicted molar refractivity (Wildman–Crippen MR) is 75.5 cm³/mol. The van der Waals surface area contributed by atoms with Crippen LogP contribution < -0.4 is 0 Å². The fraction of sp³-hybridized carbons (Fsp3) is 0.615. The van der Waals surface area contributed by atoms with Gasteiger partial charge in [0.05, 0.1) is 24.5 Å². The molecular formula is C13H18F2N6O2. The standard InChI is InChI=1S/C13H18F2N6O2/c1-13(2,3)23-12(22)20-5-7-8(6-20)19(4)9(16-7)10-17-18-21(10)11(14)15/h11,18H,5-6H2,1-4H3. The molecule has 8 nitrogen and oxygen atoms in total. The minimum absolute atomic E-state index is 0.0840. The molecule has 0 radical (unpaired) electrons. The summed E-state index contributed by atoms with van der Waals surface area (Å²) in [5.74, 6) is 0.429. The third-order valence-electron chi connectivity index (χ3n) is 3.52. The smallest absolute Gasteiger partial charge is 0.410 e. The first-order valence-electron chi connectivity index (χ1n) is 7.11. The Morgan fingerprint density at radius 1 is 1.30 bits per heavy atom. The van der Waals surface area contributed by atoms with Crippen molar-refractivity contribution in [3.8, 4) is 11.6 Å². The molecule has 2 aromatic heterocycles. The first-order chi connectivity index (χ1) is 10.7. The van der Waals surface area contributed by atoms with Crippen molar-refractivity contribution in [2.45, 2.75) is 46.0 Å². The van der Waals surface area contributed by atoms with Gasteiger partial charge in [0.15, 0.2) is 5.82 Å². The summed E-state index contributed by atoms with van der Waals surface area (Å²) in [7, 11) is 1.71. The number of nitrogens with one attached hydrogen (secondary N) is 1. The van der Waals surface area contributed by atoms with Gasteiger partial charge in [-0.15, -0.1) is 5.10 Å². The number of carbonyl (C=O) groups excluding carboxylic acids is 1. The van der Waals surface area contributed by atoms with Crippen LogP contribution in [-0.4, -0.2) is 41.1 Å². The van der Waals surface area contributed by atoms with Gasteiger partial charge in [-0.3, -0.25) is 4.90 Å². The van der Waals surface area contributed by atoms with Crippen molar-refractivity contribution < 1.29 is 18.3 Å². The van der Waals surface area contributed by atoms with Crippen molar-refractivity contribution in [1.29, 1.82) is 0 Å². The van der Waals surface area contributed by atoms with Crippen LogP contribution in [0.4, 0.5) is 13.6 Å². The number of aromatic nitrogens is 5. The molecule has 0 saturated heterocycles. The maximum absolute atomic E-state index is 12.8. The molecule has 1 N–H and O–H groups in total. The highest BCUT2D eigenvalue weighted by molar-refractivity contribution is 5.69. The van der Waals surface area contributed by atoms with Gasteiger partial charge in [-0.1, -0.05) is 0 Å². The molecule has 126 valence electrons. The molecule has 1 aliphatic heterocycles. The van der Waals surface area contributed by atoms with Crippen LogP contribution in [0.15, 0.2) is 0 Å². The summed E-state index contributed by atoms with van der Waals surface area (Å²) in [6, 6.07) is 0. The van der Waals surface area contributed by atoms with E-state index in [1.54, 1.807) is 32.4 Å². The van der Waals surface area contributed by atoms with E-state index in [1.807, 2.05) is 0 Å². The van der Waals surface area contributed by atoms with E-state index < -0.39 is 18.2 Å². The van der Waals surface area contributed by atoms with Crippen LogP contribution in [0.1, 0.15) is 38.7 Å². The van der Waals surface area contributed by atoms with Crippen molar-refractivity contribution in [3.63, 3.8) is 0 Å². The summed E-state index contributed by atoms with van der Waals surface area (Å²) in [6.45, 7) is 3.30. The molecule has 1 aliphatic rings. The van der Waals surface area contributed by atoms with Gasteiger partial charge >= 0.3 is 12.6 Å². The van der Waals surface area contributed by atoms with E-state index in [1.165, 1.54) is 4.90 Å². The maximum Gasteiger partial charge on any atom is 0.410 e. The molecule has 1 amide bonds. The van der Waals surface area contributed by atoms with Crippen molar-refractivity contribution in [2.75, 3.05) is 0 Å². The number of alkyl halides is 2. The monoisotopic (exact) mass is 328 g/mol. The number of hydrogen-bond acceptors (Lipinski definition) is 4.